The zero-order valence-corrected chi connectivity index (χ0v) is 17.3. The highest BCUT2D eigenvalue weighted by Gasteiger charge is 2.35. The SMILES string of the molecule is COc1ccc([C@H]2c3c(/C=C/c4ccccc4)n[nH]c(=O)c3Nc3nnnn32)c(OC)c1. The summed E-state index contributed by atoms with van der Waals surface area (Å²) in [7, 11) is 3.16. The fraction of sp³-hybridized carbons (Fsp3) is 0.136. The number of fused-ring (bicyclic) bond motifs is 2. The van der Waals surface area contributed by atoms with Gasteiger partial charge in [-0.2, -0.15) is 9.78 Å². The van der Waals surface area contributed by atoms with Crippen LogP contribution in [0.1, 0.15) is 28.4 Å². The van der Waals surface area contributed by atoms with Gasteiger partial charge in [-0.3, -0.25) is 4.79 Å². The molecule has 32 heavy (non-hydrogen) atoms. The molecule has 1 aliphatic rings. The Kier molecular flexibility index (Phi) is 4.86. The van der Waals surface area contributed by atoms with E-state index < -0.39 is 6.04 Å². The van der Waals surface area contributed by atoms with E-state index in [1.807, 2.05) is 54.6 Å². The molecule has 0 radical (unpaired) electrons. The number of hydrogen-bond acceptors (Lipinski definition) is 8. The number of benzene rings is 2. The highest BCUT2D eigenvalue weighted by molar-refractivity contribution is 5.75. The highest BCUT2D eigenvalue weighted by Crippen LogP contribution is 2.42. The summed E-state index contributed by atoms with van der Waals surface area (Å²) < 4.78 is 12.6. The van der Waals surface area contributed by atoms with Crippen LogP contribution in [0.3, 0.4) is 0 Å². The van der Waals surface area contributed by atoms with Crippen LogP contribution in [0, 0.1) is 0 Å². The maximum Gasteiger partial charge on any atom is 0.288 e. The average Bonchev–Trinajstić information content (AvgIpc) is 3.31. The smallest absolute Gasteiger partial charge is 0.288 e. The van der Waals surface area contributed by atoms with Gasteiger partial charge in [-0.25, -0.2) is 5.10 Å². The lowest BCUT2D eigenvalue weighted by Gasteiger charge is -2.28. The normalized spacial score (nSPS) is 14.5. The first-order valence-electron chi connectivity index (χ1n) is 9.82. The van der Waals surface area contributed by atoms with Crippen LogP contribution in [0.15, 0.2) is 53.3 Å². The van der Waals surface area contributed by atoms with Crippen molar-refractivity contribution in [3.63, 3.8) is 0 Å². The lowest BCUT2D eigenvalue weighted by Crippen LogP contribution is -2.29. The van der Waals surface area contributed by atoms with Crippen molar-refractivity contribution < 1.29 is 9.47 Å². The van der Waals surface area contributed by atoms with Gasteiger partial charge in [0, 0.05) is 17.2 Å². The van der Waals surface area contributed by atoms with E-state index in [-0.39, 0.29) is 5.56 Å². The van der Waals surface area contributed by atoms with Crippen LogP contribution in [-0.2, 0) is 0 Å². The molecule has 5 rings (SSSR count). The Balaban J connectivity index is 1.73. The molecule has 0 fully saturated rings. The minimum atomic E-state index is -0.553. The summed E-state index contributed by atoms with van der Waals surface area (Å²) in [6.45, 7) is 0. The first-order chi connectivity index (χ1) is 15.7. The molecule has 4 aromatic rings. The van der Waals surface area contributed by atoms with Crippen molar-refractivity contribution in [1.29, 1.82) is 0 Å². The maximum absolute atomic E-state index is 12.7. The summed E-state index contributed by atoms with van der Waals surface area (Å²) in [4.78, 5) is 12.7. The van der Waals surface area contributed by atoms with Crippen molar-refractivity contribution in [1.82, 2.24) is 30.4 Å². The second kappa shape index (κ2) is 7.99. The van der Waals surface area contributed by atoms with Crippen molar-refractivity contribution in [2.75, 3.05) is 19.5 Å². The van der Waals surface area contributed by atoms with Gasteiger partial charge in [-0.15, -0.1) is 0 Å². The molecule has 1 atom stereocenters. The number of nitrogens with one attached hydrogen (secondary N) is 2. The quantitative estimate of drug-likeness (QED) is 0.438. The number of anilines is 2. The third kappa shape index (κ3) is 3.27. The second-order valence-electron chi connectivity index (χ2n) is 7.05. The third-order valence-corrected chi connectivity index (χ3v) is 5.27. The Morgan fingerprint density at radius 1 is 1.06 bits per heavy atom. The Morgan fingerprint density at radius 2 is 1.91 bits per heavy atom. The molecule has 2 aromatic heterocycles. The molecule has 2 aromatic carbocycles. The first-order valence-corrected chi connectivity index (χ1v) is 9.82. The molecular formula is C22H19N7O3. The Hall–Kier alpha value is -4.47. The van der Waals surface area contributed by atoms with Crippen LogP contribution < -0.4 is 20.3 Å². The maximum atomic E-state index is 12.7. The molecule has 0 amide bonds. The number of aromatic amines is 1. The molecule has 0 aliphatic carbocycles. The van der Waals surface area contributed by atoms with Gasteiger partial charge in [0.1, 0.15) is 23.2 Å². The summed E-state index contributed by atoms with van der Waals surface area (Å²) in [5, 5.41) is 21.9. The monoisotopic (exact) mass is 429 g/mol. The predicted octanol–water partition coefficient (Wildman–Crippen LogP) is 2.64. The standard InChI is InChI=1S/C22H19N7O3/c1-31-14-9-10-15(17(12-14)32-2)20-18-16(11-8-13-6-4-3-5-7-13)24-25-21(30)19(18)23-22-26-27-28-29(20)22/h3-12,20H,1-2H3,(H,25,30)(H,23,26,28)/b11-8+/t20-/m0/s1. The number of rotatable bonds is 5. The highest BCUT2D eigenvalue weighted by atomic mass is 16.5. The summed E-state index contributed by atoms with van der Waals surface area (Å²) in [5.74, 6) is 1.56. The fourth-order valence-electron chi connectivity index (χ4n) is 3.76. The van der Waals surface area contributed by atoms with E-state index in [1.165, 1.54) is 0 Å². The predicted molar refractivity (Wildman–Crippen MR) is 118 cm³/mol. The molecular weight excluding hydrogens is 410 g/mol. The van der Waals surface area contributed by atoms with Crippen LogP contribution in [0.5, 0.6) is 11.5 Å². The van der Waals surface area contributed by atoms with E-state index in [0.29, 0.717) is 34.4 Å². The molecule has 2 N–H and O–H groups in total. The molecule has 10 nitrogen and oxygen atoms in total. The summed E-state index contributed by atoms with van der Waals surface area (Å²) >= 11 is 0. The first kappa shape index (κ1) is 19.5. The van der Waals surface area contributed by atoms with Crippen molar-refractivity contribution in [3.05, 3.63) is 81.3 Å². The van der Waals surface area contributed by atoms with Crippen LogP contribution in [0.2, 0.25) is 0 Å². The topological polar surface area (TPSA) is 120 Å². The average molecular weight is 429 g/mol. The number of nitrogens with zero attached hydrogens (tertiary/aromatic N) is 5. The number of tetrazole rings is 1. The van der Waals surface area contributed by atoms with Crippen molar-refractivity contribution in [2.24, 2.45) is 0 Å². The van der Waals surface area contributed by atoms with E-state index in [9.17, 15) is 4.79 Å². The molecule has 0 bridgehead atoms. The van der Waals surface area contributed by atoms with Gasteiger partial charge in [0.2, 0.25) is 5.95 Å². The van der Waals surface area contributed by atoms with Crippen molar-refractivity contribution in [2.45, 2.75) is 6.04 Å². The number of aromatic nitrogens is 6. The summed E-state index contributed by atoms with van der Waals surface area (Å²) in [6.07, 6.45) is 3.78. The Morgan fingerprint density at radius 3 is 2.69 bits per heavy atom. The minimum Gasteiger partial charge on any atom is -0.497 e. The molecule has 0 saturated heterocycles. The molecule has 1 aliphatic heterocycles. The van der Waals surface area contributed by atoms with Gasteiger partial charge in [0.25, 0.3) is 5.56 Å². The van der Waals surface area contributed by atoms with E-state index >= 15 is 0 Å². The number of H-pyrrole nitrogens is 1. The lowest BCUT2D eigenvalue weighted by atomic mass is 9.93. The van der Waals surface area contributed by atoms with Gasteiger partial charge < -0.3 is 14.8 Å². The van der Waals surface area contributed by atoms with Gasteiger partial charge >= 0.3 is 0 Å². The van der Waals surface area contributed by atoms with Gasteiger partial charge in [0.05, 0.1) is 19.9 Å². The van der Waals surface area contributed by atoms with Gasteiger partial charge in [0.15, 0.2) is 0 Å². The van der Waals surface area contributed by atoms with Gasteiger partial charge in [-0.1, -0.05) is 41.5 Å². The number of methoxy groups -OCH3 is 2. The van der Waals surface area contributed by atoms with Gasteiger partial charge in [-0.05, 0) is 34.2 Å². The lowest BCUT2D eigenvalue weighted by molar-refractivity contribution is 0.386. The number of ether oxygens (including phenoxy) is 2. The molecule has 0 unspecified atom stereocenters. The van der Waals surface area contributed by atoms with Crippen molar-refractivity contribution >= 4 is 23.8 Å². The van der Waals surface area contributed by atoms with Crippen LogP contribution in [0.25, 0.3) is 12.2 Å². The third-order valence-electron chi connectivity index (χ3n) is 5.27. The zero-order chi connectivity index (χ0) is 22.1. The molecule has 0 saturated carbocycles. The van der Waals surface area contributed by atoms with E-state index in [0.717, 1.165) is 11.1 Å². The summed E-state index contributed by atoms with van der Waals surface area (Å²) in [6, 6.07) is 14.7. The number of hydrogen-bond donors (Lipinski definition) is 2. The fourth-order valence-corrected chi connectivity index (χ4v) is 3.76. The van der Waals surface area contributed by atoms with Crippen molar-refractivity contribution in [3.8, 4) is 11.5 Å². The van der Waals surface area contributed by atoms with Crippen LogP contribution in [0.4, 0.5) is 11.6 Å². The molecule has 10 heteroatoms. The Labute approximate surface area is 182 Å². The van der Waals surface area contributed by atoms with Crippen LogP contribution in [-0.4, -0.2) is 44.6 Å². The molecule has 3 heterocycles. The molecule has 160 valence electrons. The summed E-state index contributed by atoms with van der Waals surface area (Å²) in [5.41, 5.74) is 2.91. The Bertz CT molecular complexity index is 1360. The largest absolute Gasteiger partial charge is 0.497 e. The van der Waals surface area contributed by atoms with E-state index in [4.69, 9.17) is 9.47 Å². The second-order valence-corrected chi connectivity index (χ2v) is 7.05. The minimum absolute atomic E-state index is 0.331. The van der Waals surface area contributed by atoms with E-state index in [1.54, 1.807) is 25.0 Å². The zero-order valence-electron chi connectivity index (χ0n) is 17.3. The molecule has 0 spiro atoms. The van der Waals surface area contributed by atoms with Crippen LogP contribution >= 0.6 is 0 Å². The van der Waals surface area contributed by atoms with E-state index in [2.05, 4.69) is 31.0 Å².